The molecule has 3 heterocycles. The highest BCUT2D eigenvalue weighted by molar-refractivity contribution is 7.91. The molecule has 3 saturated heterocycles. The normalized spacial score (nSPS) is 33.0. The molecule has 0 bridgehead atoms. The molecule has 9 heteroatoms. The van der Waals surface area contributed by atoms with E-state index in [9.17, 15) is 22.8 Å². The van der Waals surface area contributed by atoms with Gasteiger partial charge in [0.15, 0.2) is 9.84 Å². The van der Waals surface area contributed by atoms with Crippen LogP contribution in [0.2, 0.25) is 0 Å². The van der Waals surface area contributed by atoms with Crippen LogP contribution in [0.3, 0.4) is 0 Å². The number of aliphatic carboxylic acids is 1. The first-order chi connectivity index (χ1) is 11.3. The van der Waals surface area contributed by atoms with Crippen LogP contribution in [0.15, 0.2) is 0 Å². The SMILES string of the molecule is O=C(O)C1CCCN(C(=O)C2CC(=O)N(C3CCS(=O)(=O)C3)C2)C1. The second-order valence-electron chi connectivity index (χ2n) is 6.97. The Morgan fingerprint density at radius 1 is 1.12 bits per heavy atom. The minimum absolute atomic E-state index is 0.0234. The fraction of sp³-hybridized carbons (Fsp3) is 0.800. The Labute approximate surface area is 140 Å². The molecule has 0 aliphatic carbocycles. The van der Waals surface area contributed by atoms with Crippen LogP contribution in [0, 0.1) is 11.8 Å². The van der Waals surface area contributed by atoms with Crippen LogP contribution >= 0.6 is 0 Å². The van der Waals surface area contributed by atoms with E-state index in [1.54, 1.807) is 4.90 Å². The highest BCUT2D eigenvalue weighted by atomic mass is 32.2. The molecule has 3 rings (SSSR count). The Bertz CT molecular complexity index is 661. The summed E-state index contributed by atoms with van der Waals surface area (Å²) in [5.74, 6) is -2.23. The zero-order valence-corrected chi connectivity index (χ0v) is 14.2. The number of carboxylic acids is 1. The summed E-state index contributed by atoms with van der Waals surface area (Å²) in [5.41, 5.74) is 0. The van der Waals surface area contributed by atoms with E-state index in [-0.39, 0.29) is 48.9 Å². The molecule has 3 fully saturated rings. The van der Waals surface area contributed by atoms with Crippen molar-refractivity contribution in [3.63, 3.8) is 0 Å². The quantitative estimate of drug-likeness (QED) is 0.717. The van der Waals surface area contributed by atoms with Crippen LogP contribution in [0.1, 0.15) is 25.7 Å². The van der Waals surface area contributed by atoms with Gasteiger partial charge >= 0.3 is 5.97 Å². The van der Waals surface area contributed by atoms with Gasteiger partial charge in [-0.15, -0.1) is 0 Å². The molecule has 0 aromatic carbocycles. The van der Waals surface area contributed by atoms with Gasteiger partial charge in [-0.2, -0.15) is 0 Å². The van der Waals surface area contributed by atoms with E-state index in [4.69, 9.17) is 5.11 Å². The Balaban J connectivity index is 1.63. The van der Waals surface area contributed by atoms with Gasteiger partial charge in [0.1, 0.15) is 0 Å². The molecule has 0 spiro atoms. The van der Waals surface area contributed by atoms with Gasteiger partial charge in [0.2, 0.25) is 11.8 Å². The molecular formula is C15H22N2O6S. The van der Waals surface area contributed by atoms with Crippen molar-refractivity contribution in [1.82, 2.24) is 9.80 Å². The van der Waals surface area contributed by atoms with Crippen molar-refractivity contribution in [3.05, 3.63) is 0 Å². The Hall–Kier alpha value is -1.64. The smallest absolute Gasteiger partial charge is 0.308 e. The van der Waals surface area contributed by atoms with Crippen LogP contribution in [0.5, 0.6) is 0 Å². The van der Waals surface area contributed by atoms with Crippen molar-refractivity contribution in [3.8, 4) is 0 Å². The summed E-state index contributed by atoms with van der Waals surface area (Å²) in [6, 6.07) is -0.326. The molecule has 3 aliphatic rings. The van der Waals surface area contributed by atoms with Crippen molar-refractivity contribution >= 4 is 27.6 Å². The number of carboxylic acid groups (broad SMARTS) is 1. The highest BCUT2D eigenvalue weighted by Crippen LogP contribution is 2.28. The van der Waals surface area contributed by atoms with Crippen molar-refractivity contribution in [2.75, 3.05) is 31.1 Å². The molecule has 2 amide bonds. The molecule has 3 unspecified atom stereocenters. The van der Waals surface area contributed by atoms with Gasteiger partial charge in [-0.25, -0.2) is 8.42 Å². The predicted octanol–water partition coefficient (Wildman–Crippen LogP) is -0.655. The lowest BCUT2D eigenvalue weighted by molar-refractivity contribution is -0.146. The van der Waals surface area contributed by atoms with Crippen LogP contribution in [-0.4, -0.2) is 78.3 Å². The van der Waals surface area contributed by atoms with E-state index in [0.29, 0.717) is 25.8 Å². The lowest BCUT2D eigenvalue weighted by Gasteiger charge is -2.32. The van der Waals surface area contributed by atoms with E-state index < -0.39 is 27.6 Å². The first-order valence-electron chi connectivity index (χ1n) is 8.28. The maximum absolute atomic E-state index is 12.6. The van der Waals surface area contributed by atoms with Gasteiger partial charge in [-0.3, -0.25) is 14.4 Å². The third kappa shape index (κ3) is 3.40. The Kier molecular flexibility index (Phi) is 4.54. The number of nitrogens with zero attached hydrogens (tertiary/aromatic N) is 2. The maximum Gasteiger partial charge on any atom is 0.308 e. The van der Waals surface area contributed by atoms with Gasteiger partial charge in [0, 0.05) is 32.1 Å². The van der Waals surface area contributed by atoms with Crippen LogP contribution in [0.25, 0.3) is 0 Å². The number of amides is 2. The number of likely N-dealkylation sites (tertiary alicyclic amines) is 2. The second kappa shape index (κ2) is 6.34. The average molecular weight is 358 g/mol. The molecule has 24 heavy (non-hydrogen) atoms. The second-order valence-corrected chi connectivity index (χ2v) is 9.19. The monoisotopic (exact) mass is 358 g/mol. The minimum Gasteiger partial charge on any atom is -0.481 e. The standard InChI is InChI=1S/C15H22N2O6S/c18-13-6-11(8-17(13)12-3-5-24(22,23)9-12)14(19)16-4-1-2-10(7-16)15(20)21/h10-12H,1-9H2,(H,20,21). The van der Waals surface area contributed by atoms with E-state index in [1.807, 2.05) is 0 Å². The van der Waals surface area contributed by atoms with E-state index in [0.717, 1.165) is 0 Å². The first-order valence-corrected chi connectivity index (χ1v) is 10.1. The summed E-state index contributed by atoms with van der Waals surface area (Å²) < 4.78 is 23.2. The van der Waals surface area contributed by atoms with E-state index >= 15 is 0 Å². The fourth-order valence-corrected chi connectivity index (χ4v) is 5.64. The van der Waals surface area contributed by atoms with Crippen LogP contribution < -0.4 is 0 Å². The van der Waals surface area contributed by atoms with Crippen molar-refractivity contribution in [2.45, 2.75) is 31.7 Å². The third-order valence-corrected chi connectivity index (χ3v) is 6.99. The van der Waals surface area contributed by atoms with Gasteiger partial charge in [-0.05, 0) is 19.3 Å². The van der Waals surface area contributed by atoms with Crippen LogP contribution in [0.4, 0.5) is 0 Å². The highest BCUT2D eigenvalue weighted by Gasteiger charge is 2.43. The topological polar surface area (TPSA) is 112 Å². The first kappa shape index (κ1) is 17.2. The largest absolute Gasteiger partial charge is 0.481 e. The Morgan fingerprint density at radius 2 is 1.88 bits per heavy atom. The van der Waals surface area contributed by atoms with Gasteiger partial charge in [-0.1, -0.05) is 0 Å². The summed E-state index contributed by atoms with van der Waals surface area (Å²) >= 11 is 0. The zero-order chi connectivity index (χ0) is 17.5. The number of hydrogen-bond donors (Lipinski definition) is 1. The molecule has 134 valence electrons. The number of rotatable bonds is 3. The van der Waals surface area contributed by atoms with Crippen molar-refractivity contribution < 1.29 is 27.9 Å². The zero-order valence-electron chi connectivity index (χ0n) is 13.4. The van der Waals surface area contributed by atoms with E-state index in [1.165, 1.54) is 4.90 Å². The fourth-order valence-electron chi connectivity index (χ4n) is 3.91. The third-order valence-electron chi connectivity index (χ3n) is 5.24. The summed E-state index contributed by atoms with van der Waals surface area (Å²) in [7, 11) is -3.09. The van der Waals surface area contributed by atoms with E-state index in [2.05, 4.69) is 0 Å². The van der Waals surface area contributed by atoms with Crippen molar-refractivity contribution in [1.29, 1.82) is 0 Å². The molecule has 0 aromatic rings. The number of sulfone groups is 1. The molecule has 0 radical (unpaired) electrons. The number of carbonyl (C=O) groups excluding carboxylic acids is 2. The average Bonchev–Trinajstić information content (AvgIpc) is 3.09. The maximum atomic E-state index is 12.6. The molecule has 0 saturated carbocycles. The van der Waals surface area contributed by atoms with Gasteiger partial charge < -0.3 is 14.9 Å². The predicted molar refractivity (Wildman–Crippen MR) is 83.8 cm³/mol. The van der Waals surface area contributed by atoms with Gasteiger partial charge in [0.05, 0.1) is 23.3 Å². The van der Waals surface area contributed by atoms with Gasteiger partial charge in [0.25, 0.3) is 0 Å². The summed E-state index contributed by atoms with van der Waals surface area (Å²) in [4.78, 5) is 39.1. The number of piperidine rings is 1. The van der Waals surface area contributed by atoms with Crippen molar-refractivity contribution in [2.24, 2.45) is 11.8 Å². The number of hydrogen-bond acceptors (Lipinski definition) is 5. The lowest BCUT2D eigenvalue weighted by Crippen LogP contribution is -2.45. The summed E-state index contributed by atoms with van der Waals surface area (Å²) in [6.45, 7) is 0.952. The Morgan fingerprint density at radius 3 is 2.50 bits per heavy atom. The minimum atomic E-state index is -3.09. The molecule has 1 N–H and O–H groups in total. The van der Waals surface area contributed by atoms with Crippen LogP contribution in [-0.2, 0) is 24.2 Å². The molecule has 3 atom stereocenters. The molecule has 8 nitrogen and oxygen atoms in total. The molecule has 0 aromatic heterocycles. The summed E-state index contributed by atoms with van der Waals surface area (Å²) in [6.07, 6.45) is 1.73. The summed E-state index contributed by atoms with van der Waals surface area (Å²) in [5, 5.41) is 9.12. The lowest BCUT2D eigenvalue weighted by atomic mass is 9.96. The number of carbonyl (C=O) groups is 3. The molecular weight excluding hydrogens is 336 g/mol. The molecule has 3 aliphatic heterocycles.